The third-order valence-corrected chi connectivity index (χ3v) is 3.99. The molecule has 0 aliphatic carbocycles. The van der Waals surface area contributed by atoms with Crippen molar-refractivity contribution in [3.8, 4) is 0 Å². The molecule has 0 aliphatic rings. The number of nitrogens with one attached hydrogen (secondary N) is 1. The van der Waals surface area contributed by atoms with Gasteiger partial charge in [-0.2, -0.15) is 4.39 Å². The van der Waals surface area contributed by atoms with E-state index in [1.165, 1.54) is 6.07 Å². The van der Waals surface area contributed by atoms with Gasteiger partial charge in [-0.05, 0) is 39.0 Å². The molecule has 0 aromatic heterocycles. The molecule has 1 aromatic rings. The van der Waals surface area contributed by atoms with Gasteiger partial charge in [-0.3, -0.25) is 10.1 Å². The summed E-state index contributed by atoms with van der Waals surface area (Å²) in [5.74, 6) is -1.43. The van der Waals surface area contributed by atoms with E-state index in [-0.39, 0.29) is 10.5 Å². The van der Waals surface area contributed by atoms with Crippen LogP contribution in [0.3, 0.4) is 0 Å². The molecule has 0 spiro atoms. The van der Waals surface area contributed by atoms with Crippen LogP contribution in [0, 0.1) is 15.9 Å². The largest absolute Gasteiger partial charge is 0.465 e. The molecular weight excluding hydrogens is 367 g/mol. The molecule has 1 N–H and O–H groups in total. The Morgan fingerprint density at radius 1 is 1.35 bits per heavy atom. The normalized spacial score (nSPS) is 11.0. The molecule has 0 heterocycles. The van der Waals surface area contributed by atoms with Crippen LogP contribution in [-0.4, -0.2) is 42.0 Å². The number of hydrogen-bond donors (Lipinski definition) is 1. The highest BCUT2D eigenvalue weighted by atomic mass is 32.2. The topological polar surface area (TPSA) is 108 Å². The fourth-order valence-corrected chi connectivity index (χ4v) is 2.77. The van der Waals surface area contributed by atoms with Crippen LogP contribution in [0.15, 0.2) is 17.0 Å². The van der Waals surface area contributed by atoms with Crippen molar-refractivity contribution in [2.24, 2.45) is 0 Å². The van der Waals surface area contributed by atoms with Gasteiger partial charge in [0.1, 0.15) is 5.60 Å². The monoisotopic (exact) mass is 388 g/mol. The van der Waals surface area contributed by atoms with Gasteiger partial charge in [0.2, 0.25) is 5.82 Å². The number of rotatable bonds is 7. The minimum Gasteiger partial charge on any atom is -0.465 e. The van der Waals surface area contributed by atoms with Crippen LogP contribution in [0.1, 0.15) is 37.6 Å². The van der Waals surface area contributed by atoms with E-state index in [0.717, 1.165) is 24.9 Å². The fourth-order valence-electron chi connectivity index (χ4n) is 1.82. The number of hydrogen-bond acceptors (Lipinski definition) is 7. The standard InChI is InChI=1S/C16H21FN2O6S/c1-16(2,3)25-15(21)18-6-5-7-26-12-9-10(14(20)24-4)8-11(13(12)17)19(22)23/h8-9H,5-7H2,1-4H3,(H,18,21). The highest BCUT2D eigenvalue weighted by Crippen LogP contribution is 2.31. The summed E-state index contributed by atoms with van der Waals surface area (Å²) in [7, 11) is 1.13. The first-order chi connectivity index (χ1) is 12.0. The Morgan fingerprint density at radius 2 is 2.00 bits per heavy atom. The van der Waals surface area contributed by atoms with Crippen LogP contribution in [0.5, 0.6) is 0 Å². The second-order valence-electron chi connectivity index (χ2n) is 6.19. The molecule has 0 saturated heterocycles. The number of carbonyl (C=O) groups is 2. The van der Waals surface area contributed by atoms with E-state index < -0.39 is 34.1 Å². The van der Waals surface area contributed by atoms with Gasteiger partial charge in [-0.25, -0.2) is 9.59 Å². The van der Waals surface area contributed by atoms with E-state index in [1.807, 2.05) is 0 Å². The number of ether oxygens (including phenoxy) is 2. The van der Waals surface area contributed by atoms with E-state index in [1.54, 1.807) is 20.8 Å². The van der Waals surface area contributed by atoms with E-state index in [9.17, 15) is 24.1 Å². The van der Waals surface area contributed by atoms with Crippen LogP contribution in [0.4, 0.5) is 14.9 Å². The van der Waals surface area contributed by atoms with E-state index >= 15 is 0 Å². The number of nitro benzene ring substituents is 1. The zero-order valence-corrected chi connectivity index (χ0v) is 15.8. The van der Waals surface area contributed by atoms with Gasteiger partial charge in [-0.1, -0.05) is 0 Å². The van der Waals surface area contributed by atoms with Crippen molar-refractivity contribution in [3.05, 3.63) is 33.6 Å². The van der Waals surface area contributed by atoms with Gasteiger partial charge in [-0.15, -0.1) is 11.8 Å². The summed E-state index contributed by atoms with van der Waals surface area (Å²) in [4.78, 5) is 33.1. The van der Waals surface area contributed by atoms with Crippen molar-refractivity contribution in [1.29, 1.82) is 0 Å². The van der Waals surface area contributed by atoms with E-state index in [4.69, 9.17) is 4.74 Å². The van der Waals surface area contributed by atoms with Crippen LogP contribution in [-0.2, 0) is 9.47 Å². The maximum absolute atomic E-state index is 14.2. The molecule has 0 atom stereocenters. The summed E-state index contributed by atoms with van der Waals surface area (Å²) in [5.41, 5.74) is -1.49. The Labute approximate surface area is 154 Å². The lowest BCUT2D eigenvalue weighted by Crippen LogP contribution is -2.33. The smallest absolute Gasteiger partial charge is 0.407 e. The van der Waals surface area contributed by atoms with Crippen LogP contribution < -0.4 is 5.32 Å². The summed E-state index contributed by atoms with van der Waals surface area (Å²) in [6, 6.07) is 2.05. The zero-order valence-electron chi connectivity index (χ0n) is 15.0. The third-order valence-electron chi connectivity index (χ3n) is 2.88. The molecule has 0 saturated carbocycles. The average Bonchev–Trinajstić information content (AvgIpc) is 2.53. The van der Waals surface area contributed by atoms with Gasteiger partial charge < -0.3 is 14.8 Å². The summed E-state index contributed by atoms with van der Waals surface area (Å²) in [6.07, 6.45) is -0.0865. The summed E-state index contributed by atoms with van der Waals surface area (Å²) >= 11 is 1.01. The maximum atomic E-state index is 14.2. The number of alkyl carbamates (subject to hydrolysis) is 1. The van der Waals surface area contributed by atoms with E-state index in [0.29, 0.717) is 18.7 Å². The van der Waals surface area contributed by atoms with Gasteiger partial charge in [0.05, 0.1) is 22.5 Å². The lowest BCUT2D eigenvalue weighted by molar-refractivity contribution is -0.387. The van der Waals surface area contributed by atoms with Gasteiger partial charge >= 0.3 is 17.7 Å². The highest BCUT2D eigenvalue weighted by Gasteiger charge is 2.23. The Balaban J connectivity index is 2.66. The molecular formula is C16H21FN2O6S. The van der Waals surface area contributed by atoms with Gasteiger partial charge in [0.15, 0.2) is 0 Å². The minimum absolute atomic E-state index is 0.0307. The molecule has 10 heteroatoms. The van der Waals surface area contributed by atoms with E-state index in [2.05, 4.69) is 10.1 Å². The summed E-state index contributed by atoms with van der Waals surface area (Å²) in [6.45, 7) is 5.52. The number of nitrogens with zero attached hydrogens (tertiary/aromatic N) is 1. The summed E-state index contributed by atoms with van der Waals surface area (Å²) in [5, 5.41) is 13.5. The fraction of sp³-hybridized carbons (Fsp3) is 0.500. The molecule has 26 heavy (non-hydrogen) atoms. The number of thioether (sulfide) groups is 1. The molecule has 0 radical (unpaired) electrons. The molecule has 0 aliphatic heterocycles. The van der Waals surface area contributed by atoms with Crippen LogP contribution in [0.25, 0.3) is 0 Å². The molecule has 1 aromatic carbocycles. The Kier molecular flexibility index (Phi) is 7.81. The highest BCUT2D eigenvalue weighted by molar-refractivity contribution is 7.99. The van der Waals surface area contributed by atoms with Crippen LogP contribution >= 0.6 is 11.8 Å². The SMILES string of the molecule is COC(=O)c1cc(SCCCNC(=O)OC(C)(C)C)c(F)c([N+](=O)[O-])c1. The van der Waals surface area contributed by atoms with Gasteiger partial charge in [0.25, 0.3) is 0 Å². The number of methoxy groups -OCH3 is 1. The number of esters is 1. The summed E-state index contributed by atoms with van der Waals surface area (Å²) < 4.78 is 23.8. The molecule has 0 bridgehead atoms. The first kappa shape index (κ1) is 21.7. The first-order valence-corrected chi connectivity index (χ1v) is 8.69. The quantitative estimate of drug-likeness (QED) is 0.250. The number of halogens is 1. The van der Waals surface area contributed by atoms with Crippen molar-refractivity contribution >= 4 is 29.5 Å². The zero-order chi connectivity index (χ0) is 19.9. The number of carbonyl (C=O) groups excluding carboxylic acids is 2. The number of benzene rings is 1. The average molecular weight is 388 g/mol. The third kappa shape index (κ3) is 6.87. The Bertz CT molecular complexity index is 690. The second kappa shape index (κ2) is 9.37. The molecule has 0 fully saturated rings. The second-order valence-corrected chi connectivity index (χ2v) is 7.32. The predicted octanol–water partition coefficient (Wildman–Crippen LogP) is 3.53. The lowest BCUT2D eigenvalue weighted by atomic mass is 10.2. The van der Waals surface area contributed by atoms with Crippen molar-refractivity contribution in [3.63, 3.8) is 0 Å². The molecule has 8 nitrogen and oxygen atoms in total. The Morgan fingerprint density at radius 3 is 2.54 bits per heavy atom. The van der Waals surface area contributed by atoms with Crippen molar-refractivity contribution in [2.45, 2.75) is 37.7 Å². The maximum Gasteiger partial charge on any atom is 0.407 e. The Hall–Kier alpha value is -2.36. The molecule has 1 rings (SSSR count). The molecule has 0 unspecified atom stereocenters. The number of nitro groups is 1. The number of amides is 1. The first-order valence-electron chi connectivity index (χ1n) is 7.71. The van der Waals surface area contributed by atoms with Crippen molar-refractivity contribution in [2.75, 3.05) is 19.4 Å². The molecule has 144 valence electrons. The van der Waals surface area contributed by atoms with Gasteiger partial charge in [0, 0.05) is 12.6 Å². The lowest BCUT2D eigenvalue weighted by Gasteiger charge is -2.19. The minimum atomic E-state index is -1.01. The predicted molar refractivity (Wildman–Crippen MR) is 94.0 cm³/mol. The van der Waals surface area contributed by atoms with Crippen molar-refractivity contribution < 1.29 is 28.4 Å². The van der Waals surface area contributed by atoms with Crippen LogP contribution in [0.2, 0.25) is 0 Å². The van der Waals surface area contributed by atoms with Crippen molar-refractivity contribution in [1.82, 2.24) is 5.32 Å². The molecule has 1 amide bonds.